The first-order valence-corrected chi connectivity index (χ1v) is 6.46. The fourth-order valence-electron chi connectivity index (χ4n) is 1.62. The van der Waals surface area contributed by atoms with Gasteiger partial charge in [0.25, 0.3) is 0 Å². The molecule has 3 atom stereocenters. The predicted molar refractivity (Wildman–Crippen MR) is 63.7 cm³/mol. The van der Waals surface area contributed by atoms with E-state index in [1.807, 2.05) is 0 Å². The minimum Gasteiger partial charge on any atom is -0.465 e. The molecule has 102 valence electrons. The molecule has 0 aromatic carbocycles. The van der Waals surface area contributed by atoms with Crippen LogP contribution in [0.5, 0.6) is 0 Å². The van der Waals surface area contributed by atoms with Gasteiger partial charge in [0.15, 0.2) is 5.44 Å². The molecule has 0 aromatic heterocycles. The van der Waals surface area contributed by atoms with Crippen LogP contribution in [0.15, 0.2) is 0 Å². The molecule has 0 amide bonds. The monoisotopic (exact) mass is 276 g/mol. The van der Waals surface area contributed by atoms with Gasteiger partial charge >= 0.3 is 17.9 Å². The van der Waals surface area contributed by atoms with Crippen LogP contribution in [-0.2, 0) is 28.6 Å². The SMILES string of the molecule is CC(=O)OC[C@H]1SC(OC(C)=O)C[C@@H]1OC(C)=O. The highest BCUT2D eigenvalue weighted by Gasteiger charge is 2.39. The van der Waals surface area contributed by atoms with Crippen LogP contribution >= 0.6 is 11.8 Å². The highest BCUT2D eigenvalue weighted by atomic mass is 32.2. The van der Waals surface area contributed by atoms with Gasteiger partial charge in [-0.2, -0.15) is 0 Å². The Labute approximate surface area is 109 Å². The maximum Gasteiger partial charge on any atom is 0.303 e. The number of ether oxygens (including phenoxy) is 3. The summed E-state index contributed by atoms with van der Waals surface area (Å²) in [5.41, 5.74) is -0.368. The van der Waals surface area contributed by atoms with Crippen LogP contribution in [0.2, 0.25) is 0 Å². The first-order chi connectivity index (χ1) is 8.38. The molecule has 1 fully saturated rings. The Kier molecular flexibility index (Phi) is 5.46. The van der Waals surface area contributed by atoms with E-state index in [0.717, 1.165) is 0 Å². The van der Waals surface area contributed by atoms with Crippen molar-refractivity contribution in [2.45, 2.75) is 44.0 Å². The summed E-state index contributed by atoms with van der Waals surface area (Å²) in [6.45, 7) is 4.08. The van der Waals surface area contributed by atoms with Gasteiger partial charge in [-0.05, 0) is 0 Å². The van der Waals surface area contributed by atoms with Gasteiger partial charge in [0.1, 0.15) is 12.7 Å². The maximum absolute atomic E-state index is 11.0. The number of thioether (sulfide) groups is 1. The number of hydrogen-bond acceptors (Lipinski definition) is 7. The molecule has 0 saturated carbocycles. The van der Waals surface area contributed by atoms with Crippen molar-refractivity contribution in [1.29, 1.82) is 0 Å². The van der Waals surface area contributed by atoms with E-state index in [0.29, 0.717) is 6.42 Å². The second-order valence-corrected chi connectivity index (χ2v) is 5.30. The van der Waals surface area contributed by atoms with E-state index in [9.17, 15) is 14.4 Å². The molecule has 1 saturated heterocycles. The molecule has 18 heavy (non-hydrogen) atoms. The second kappa shape index (κ2) is 6.63. The third kappa shape index (κ3) is 4.95. The molecular weight excluding hydrogens is 260 g/mol. The minimum absolute atomic E-state index is 0.135. The van der Waals surface area contributed by atoms with Crippen molar-refractivity contribution in [3.63, 3.8) is 0 Å². The molecule has 0 aromatic rings. The number of carbonyl (C=O) groups excluding carboxylic acids is 3. The molecule has 0 bridgehead atoms. The largest absolute Gasteiger partial charge is 0.465 e. The molecule has 1 unspecified atom stereocenters. The Morgan fingerprint density at radius 2 is 1.67 bits per heavy atom. The van der Waals surface area contributed by atoms with Crippen LogP contribution in [0.4, 0.5) is 0 Å². The van der Waals surface area contributed by atoms with Crippen molar-refractivity contribution in [2.24, 2.45) is 0 Å². The fourth-order valence-corrected chi connectivity index (χ4v) is 2.99. The molecular formula is C11H16O6S. The second-order valence-electron chi connectivity index (χ2n) is 3.90. The smallest absolute Gasteiger partial charge is 0.303 e. The summed E-state index contributed by atoms with van der Waals surface area (Å²) in [7, 11) is 0. The zero-order valence-electron chi connectivity index (χ0n) is 10.5. The van der Waals surface area contributed by atoms with E-state index in [-0.39, 0.29) is 23.3 Å². The predicted octanol–water partition coefficient (Wildman–Crippen LogP) is 0.876. The molecule has 1 aliphatic rings. The average Bonchev–Trinajstić information content (AvgIpc) is 2.55. The van der Waals surface area contributed by atoms with Gasteiger partial charge in [-0.15, -0.1) is 11.8 Å². The lowest BCUT2D eigenvalue weighted by Crippen LogP contribution is -2.28. The van der Waals surface area contributed by atoms with Gasteiger partial charge in [-0.25, -0.2) is 0 Å². The zero-order chi connectivity index (χ0) is 13.7. The summed E-state index contributed by atoms with van der Waals surface area (Å²) in [5.74, 6) is -1.19. The van der Waals surface area contributed by atoms with Gasteiger partial charge in [-0.3, -0.25) is 14.4 Å². The van der Waals surface area contributed by atoms with E-state index < -0.39 is 18.0 Å². The molecule has 1 rings (SSSR count). The first kappa shape index (κ1) is 14.8. The lowest BCUT2D eigenvalue weighted by molar-refractivity contribution is -0.149. The summed E-state index contributed by atoms with van der Waals surface area (Å²) in [5, 5.41) is -0.206. The van der Waals surface area contributed by atoms with E-state index in [2.05, 4.69) is 0 Å². The van der Waals surface area contributed by atoms with Crippen LogP contribution < -0.4 is 0 Å². The number of rotatable bonds is 4. The Bertz CT molecular complexity index is 342. The third-order valence-corrected chi connectivity index (χ3v) is 3.61. The van der Waals surface area contributed by atoms with Crippen molar-refractivity contribution in [3.05, 3.63) is 0 Å². The summed E-state index contributed by atoms with van der Waals surface area (Å²) in [6.07, 6.45) is 0.00616. The van der Waals surface area contributed by atoms with Crippen LogP contribution in [0.1, 0.15) is 27.2 Å². The summed E-state index contributed by atoms with van der Waals surface area (Å²) in [4.78, 5) is 32.6. The summed E-state index contributed by atoms with van der Waals surface area (Å²) in [6, 6.07) is 0. The van der Waals surface area contributed by atoms with Crippen molar-refractivity contribution in [3.8, 4) is 0 Å². The van der Waals surface area contributed by atoms with E-state index in [1.54, 1.807) is 0 Å². The van der Waals surface area contributed by atoms with Crippen molar-refractivity contribution in [1.82, 2.24) is 0 Å². The average molecular weight is 276 g/mol. The Hall–Kier alpha value is -1.24. The van der Waals surface area contributed by atoms with Gasteiger partial charge in [0, 0.05) is 27.2 Å². The molecule has 0 spiro atoms. The van der Waals surface area contributed by atoms with Crippen molar-refractivity contribution < 1.29 is 28.6 Å². The third-order valence-electron chi connectivity index (χ3n) is 2.23. The van der Waals surface area contributed by atoms with Gasteiger partial charge in [-0.1, -0.05) is 0 Å². The molecule has 0 aliphatic carbocycles. The zero-order valence-corrected chi connectivity index (χ0v) is 11.3. The Balaban J connectivity index is 2.56. The van der Waals surface area contributed by atoms with Crippen molar-refractivity contribution in [2.75, 3.05) is 6.61 Å². The van der Waals surface area contributed by atoms with Crippen LogP contribution in [0.3, 0.4) is 0 Å². The van der Waals surface area contributed by atoms with Gasteiger partial charge in [0.2, 0.25) is 0 Å². The quantitative estimate of drug-likeness (QED) is 0.557. The normalized spacial score (nSPS) is 26.5. The highest BCUT2D eigenvalue weighted by molar-refractivity contribution is 8.00. The van der Waals surface area contributed by atoms with Gasteiger partial charge in [0.05, 0.1) is 5.25 Å². The fraction of sp³-hybridized carbons (Fsp3) is 0.727. The summed E-state index contributed by atoms with van der Waals surface area (Å²) < 4.78 is 15.1. The first-order valence-electron chi connectivity index (χ1n) is 5.51. The van der Waals surface area contributed by atoms with Crippen LogP contribution in [0.25, 0.3) is 0 Å². The van der Waals surface area contributed by atoms with E-state index in [4.69, 9.17) is 14.2 Å². The van der Waals surface area contributed by atoms with Crippen molar-refractivity contribution >= 4 is 29.7 Å². The molecule has 0 N–H and O–H groups in total. The Morgan fingerprint density at radius 1 is 1.06 bits per heavy atom. The Morgan fingerprint density at radius 3 is 2.17 bits per heavy atom. The van der Waals surface area contributed by atoms with E-state index in [1.165, 1.54) is 32.5 Å². The number of hydrogen-bond donors (Lipinski definition) is 0. The standard InChI is InChI=1S/C11H16O6S/c1-6(12)15-5-10-9(16-7(2)13)4-11(18-10)17-8(3)14/h9-11H,4-5H2,1-3H3/t9-,10+,11?/m0/s1. The molecule has 6 nitrogen and oxygen atoms in total. The van der Waals surface area contributed by atoms with Crippen LogP contribution in [0, 0.1) is 0 Å². The number of carbonyl (C=O) groups is 3. The molecule has 7 heteroatoms. The minimum atomic E-state index is -0.406. The lowest BCUT2D eigenvalue weighted by atomic mass is 10.2. The molecule has 1 aliphatic heterocycles. The van der Waals surface area contributed by atoms with E-state index >= 15 is 0 Å². The topological polar surface area (TPSA) is 78.9 Å². The number of esters is 3. The molecule has 1 heterocycles. The molecule has 0 radical (unpaired) electrons. The van der Waals surface area contributed by atoms with Gasteiger partial charge < -0.3 is 14.2 Å². The lowest BCUT2D eigenvalue weighted by Gasteiger charge is -2.17. The summed E-state index contributed by atoms with van der Waals surface area (Å²) >= 11 is 1.33. The van der Waals surface area contributed by atoms with Crippen LogP contribution in [-0.4, -0.2) is 41.3 Å². The maximum atomic E-state index is 11.0. The highest BCUT2D eigenvalue weighted by Crippen LogP contribution is 2.36.